The smallest absolute Gasteiger partial charge is 0.0669 e. The third-order valence-electron chi connectivity index (χ3n) is 2.58. The van der Waals surface area contributed by atoms with Crippen molar-refractivity contribution in [1.82, 2.24) is 0 Å². The fraction of sp³-hybridized carbons (Fsp3) is 0.0625. The molecule has 0 amide bonds. The van der Waals surface area contributed by atoms with Crippen molar-refractivity contribution in [3.05, 3.63) is 71.3 Å². The molecule has 0 aliphatic heterocycles. The van der Waals surface area contributed by atoms with Crippen LogP contribution >= 0.6 is 0 Å². The van der Waals surface area contributed by atoms with Gasteiger partial charge in [0.1, 0.15) is 0 Å². The van der Waals surface area contributed by atoms with Crippen molar-refractivity contribution in [2.24, 2.45) is 0 Å². The van der Waals surface area contributed by atoms with Crippen LogP contribution in [-0.4, -0.2) is 0 Å². The Morgan fingerprint density at radius 1 is 0.882 bits per heavy atom. The maximum atomic E-state index is 8.76. The molecule has 0 bridgehead atoms. The number of rotatable bonds is 3. The minimum atomic E-state index is 0.454. The summed E-state index contributed by atoms with van der Waals surface area (Å²) in [5.74, 6) is 0. The highest BCUT2D eigenvalue weighted by Gasteiger charge is 1.96. The van der Waals surface area contributed by atoms with E-state index in [9.17, 15) is 0 Å². The first kappa shape index (κ1) is 11.2. The van der Waals surface area contributed by atoms with Gasteiger partial charge in [-0.05, 0) is 16.7 Å². The number of nitriles is 1. The van der Waals surface area contributed by atoms with E-state index in [0.29, 0.717) is 6.42 Å². The van der Waals surface area contributed by atoms with E-state index in [1.165, 1.54) is 5.56 Å². The molecule has 0 aliphatic carbocycles. The van der Waals surface area contributed by atoms with Crippen LogP contribution in [0.5, 0.6) is 0 Å². The van der Waals surface area contributed by atoms with Crippen LogP contribution in [0.2, 0.25) is 0 Å². The van der Waals surface area contributed by atoms with Crippen LogP contribution in [0.3, 0.4) is 0 Å². The predicted octanol–water partition coefficient (Wildman–Crippen LogP) is 3.92. The average molecular weight is 219 g/mol. The van der Waals surface area contributed by atoms with E-state index >= 15 is 0 Å². The molecule has 1 heteroatoms. The summed E-state index contributed by atoms with van der Waals surface area (Å²) in [6, 6.07) is 20.3. The Morgan fingerprint density at radius 3 is 2.35 bits per heavy atom. The molecular weight excluding hydrogens is 206 g/mol. The first-order valence-electron chi connectivity index (χ1n) is 5.58. The second-order valence-electron chi connectivity index (χ2n) is 3.78. The zero-order chi connectivity index (χ0) is 11.9. The molecule has 0 heterocycles. The Hall–Kier alpha value is -2.33. The van der Waals surface area contributed by atoms with Crippen molar-refractivity contribution in [2.75, 3.05) is 0 Å². The number of benzene rings is 2. The van der Waals surface area contributed by atoms with Gasteiger partial charge in [0, 0.05) is 0 Å². The van der Waals surface area contributed by atoms with Crippen LogP contribution in [0.15, 0.2) is 54.6 Å². The molecule has 0 atom stereocenters. The molecule has 0 fully saturated rings. The standard InChI is InChI=1S/C16H13N/c17-13-12-16-9-5-4-8-15(16)11-10-14-6-2-1-3-7-14/h1-11H,12H2/b11-10+. The Balaban J connectivity index is 2.25. The summed E-state index contributed by atoms with van der Waals surface area (Å²) in [6.45, 7) is 0. The summed E-state index contributed by atoms with van der Waals surface area (Å²) >= 11 is 0. The molecule has 0 N–H and O–H groups in total. The van der Waals surface area contributed by atoms with Gasteiger partial charge in [-0.2, -0.15) is 5.26 Å². The predicted molar refractivity (Wildman–Crippen MR) is 71.1 cm³/mol. The molecule has 2 rings (SSSR count). The molecular formula is C16H13N. The minimum Gasteiger partial charge on any atom is -0.198 e. The zero-order valence-electron chi connectivity index (χ0n) is 9.51. The fourth-order valence-corrected chi connectivity index (χ4v) is 1.69. The van der Waals surface area contributed by atoms with Crippen LogP contribution in [0.25, 0.3) is 12.2 Å². The van der Waals surface area contributed by atoms with E-state index in [4.69, 9.17) is 5.26 Å². The molecule has 2 aromatic rings. The molecule has 1 nitrogen and oxygen atoms in total. The lowest BCUT2D eigenvalue weighted by Crippen LogP contribution is -1.85. The van der Waals surface area contributed by atoms with Crippen molar-refractivity contribution in [2.45, 2.75) is 6.42 Å². The van der Waals surface area contributed by atoms with E-state index in [0.717, 1.165) is 11.1 Å². The molecule has 17 heavy (non-hydrogen) atoms. The van der Waals surface area contributed by atoms with Gasteiger partial charge in [0.15, 0.2) is 0 Å². The van der Waals surface area contributed by atoms with Crippen LogP contribution < -0.4 is 0 Å². The van der Waals surface area contributed by atoms with E-state index in [1.807, 2.05) is 42.5 Å². The fourth-order valence-electron chi connectivity index (χ4n) is 1.69. The Kier molecular flexibility index (Phi) is 3.72. The van der Waals surface area contributed by atoms with E-state index < -0.39 is 0 Å². The number of hydrogen-bond donors (Lipinski definition) is 0. The van der Waals surface area contributed by atoms with Crippen molar-refractivity contribution in [3.63, 3.8) is 0 Å². The summed E-state index contributed by atoms with van der Waals surface area (Å²) < 4.78 is 0. The third-order valence-corrected chi connectivity index (χ3v) is 2.58. The summed E-state index contributed by atoms with van der Waals surface area (Å²) in [6.07, 6.45) is 4.58. The minimum absolute atomic E-state index is 0.454. The molecule has 0 unspecified atom stereocenters. The van der Waals surface area contributed by atoms with E-state index in [2.05, 4.69) is 30.4 Å². The van der Waals surface area contributed by atoms with Crippen LogP contribution in [0.1, 0.15) is 16.7 Å². The molecule has 2 aromatic carbocycles. The highest BCUT2D eigenvalue weighted by Crippen LogP contribution is 2.13. The number of nitrogens with zero attached hydrogens (tertiary/aromatic N) is 1. The van der Waals surface area contributed by atoms with Gasteiger partial charge in [-0.25, -0.2) is 0 Å². The molecule has 0 aliphatic rings. The van der Waals surface area contributed by atoms with E-state index in [1.54, 1.807) is 0 Å². The van der Waals surface area contributed by atoms with Crippen molar-refractivity contribution in [3.8, 4) is 6.07 Å². The second-order valence-corrected chi connectivity index (χ2v) is 3.78. The van der Waals surface area contributed by atoms with Gasteiger partial charge < -0.3 is 0 Å². The quantitative estimate of drug-likeness (QED) is 0.718. The summed E-state index contributed by atoms with van der Waals surface area (Å²) in [5.41, 5.74) is 3.35. The summed E-state index contributed by atoms with van der Waals surface area (Å²) in [7, 11) is 0. The highest BCUT2D eigenvalue weighted by molar-refractivity contribution is 5.71. The first-order chi connectivity index (χ1) is 8.40. The highest BCUT2D eigenvalue weighted by atomic mass is 14.2. The van der Waals surface area contributed by atoms with Crippen LogP contribution in [0, 0.1) is 11.3 Å². The summed E-state index contributed by atoms with van der Waals surface area (Å²) in [5, 5.41) is 8.76. The van der Waals surface area contributed by atoms with Gasteiger partial charge in [0.25, 0.3) is 0 Å². The Labute approximate surface area is 102 Å². The largest absolute Gasteiger partial charge is 0.198 e. The topological polar surface area (TPSA) is 23.8 Å². The second kappa shape index (κ2) is 5.67. The maximum absolute atomic E-state index is 8.76. The average Bonchev–Trinajstić information content (AvgIpc) is 2.39. The van der Waals surface area contributed by atoms with Gasteiger partial charge in [-0.15, -0.1) is 0 Å². The lowest BCUT2D eigenvalue weighted by atomic mass is 10.0. The van der Waals surface area contributed by atoms with Crippen LogP contribution in [0.4, 0.5) is 0 Å². The van der Waals surface area contributed by atoms with Crippen LogP contribution in [-0.2, 0) is 6.42 Å². The molecule has 0 aromatic heterocycles. The lowest BCUT2D eigenvalue weighted by Gasteiger charge is -2.00. The summed E-state index contributed by atoms with van der Waals surface area (Å²) in [4.78, 5) is 0. The Morgan fingerprint density at radius 2 is 1.59 bits per heavy atom. The lowest BCUT2D eigenvalue weighted by molar-refractivity contribution is 1.25. The van der Waals surface area contributed by atoms with Crippen molar-refractivity contribution in [1.29, 1.82) is 5.26 Å². The molecule has 0 saturated heterocycles. The molecule has 0 spiro atoms. The van der Waals surface area contributed by atoms with Gasteiger partial charge in [-0.1, -0.05) is 66.7 Å². The van der Waals surface area contributed by atoms with Crippen molar-refractivity contribution < 1.29 is 0 Å². The number of hydrogen-bond acceptors (Lipinski definition) is 1. The molecule has 0 radical (unpaired) electrons. The van der Waals surface area contributed by atoms with Crippen molar-refractivity contribution >= 4 is 12.2 Å². The van der Waals surface area contributed by atoms with Gasteiger partial charge in [0.05, 0.1) is 12.5 Å². The SMILES string of the molecule is N#CCc1ccccc1/C=C/c1ccccc1. The molecule has 0 saturated carbocycles. The maximum Gasteiger partial charge on any atom is 0.0669 e. The monoisotopic (exact) mass is 219 g/mol. The third kappa shape index (κ3) is 3.06. The van der Waals surface area contributed by atoms with Gasteiger partial charge in [-0.3, -0.25) is 0 Å². The van der Waals surface area contributed by atoms with Gasteiger partial charge in [0.2, 0.25) is 0 Å². The molecule has 82 valence electrons. The van der Waals surface area contributed by atoms with Gasteiger partial charge >= 0.3 is 0 Å². The zero-order valence-corrected chi connectivity index (χ0v) is 9.51. The normalized spacial score (nSPS) is 10.3. The van der Waals surface area contributed by atoms with E-state index in [-0.39, 0.29) is 0 Å². The Bertz CT molecular complexity index is 547. The first-order valence-corrected chi connectivity index (χ1v) is 5.58.